The maximum atomic E-state index is 6.36. The van der Waals surface area contributed by atoms with E-state index in [9.17, 15) is 0 Å². The number of hydrogen-bond donors (Lipinski definition) is 0. The first kappa shape index (κ1) is 17.4. The van der Waals surface area contributed by atoms with Crippen molar-refractivity contribution in [2.75, 3.05) is 31.2 Å². The molecule has 2 aromatic rings. The van der Waals surface area contributed by atoms with Crippen LogP contribution in [0.3, 0.4) is 0 Å². The van der Waals surface area contributed by atoms with Crippen LogP contribution in [0.1, 0.15) is 30.5 Å². The summed E-state index contributed by atoms with van der Waals surface area (Å²) in [6, 6.07) is 10.3. The molecule has 4 rings (SSSR count). The lowest BCUT2D eigenvalue weighted by atomic mass is 9.89. The second-order valence-electron chi connectivity index (χ2n) is 7.43. The standard InChI is InChI=1S/C21H27N3O2/c1-17-4-2-6-20(23-17)24-12-13-26-21(16-24)9-3-5-19(21)15-25-14-18-7-10-22-11-8-18/h2,4,6-8,10-11,19H,3,5,9,12-16H2,1H3/t19-,21+/m0/s1. The summed E-state index contributed by atoms with van der Waals surface area (Å²) in [5, 5.41) is 0. The average molecular weight is 353 g/mol. The molecule has 1 spiro atoms. The molecule has 1 saturated carbocycles. The molecule has 2 atom stereocenters. The van der Waals surface area contributed by atoms with Gasteiger partial charge in [0.1, 0.15) is 5.82 Å². The summed E-state index contributed by atoms with van der Waals surface area (Å²) < 4.78 is 12.4. The summed E-state index contributed by atoms with van der Waals surface area (Å²) in [5.41, 5.74) is 2.14. The van der Waals surface area contributed by atoms with E-state index in [1.807, 2.05) is 37.5 Å². The van der Waals surface area contributed by atoms with Gasteiger partial charge in [-0.05, 0) is 49.6 Å². The molecule has 0 amide bonds. The highest BCUT2D eigenvalue weighted by atomic mass is 16.5. The van der Waals surface area contributed by atoms with E-state index in [0.717, 1.165) is 44.2 Å². The fourth-order valence-corrected chi connectivity index (χ4v) is 4.25. The zero-order chi connectivity index (χ0) is 17.8. The summed E-state index contributed by atoms with van der Waals surface area (Å²) in [4.78, 5) is 11.2. The van der Waals surface area contributed by atoms with Crippen molar-refractivity contribution in [1.29, 1.82) is 0 Å². The van der Waals surface area contributed by atoms with Gasteiger partial charge in [-0.3, -0.25) is 4.98 Å². The lowest BCUT2D eigenvalue weighted by Crippen LogP contribution is -2.55. The number of anilines is 1. The van der Waals surface area contributed by atoms with Gasteiger partial charge >= 0.3 is 0 Å². The van der Waals surface area contributed by atoms with E-state index in [-0.39, 0.29) is 5.60 Å². The van der Waals surface area contributed by atoms with Crippen molar-refractivity contribution in [3.63, 3.8) is 0 Å². The van der Waals surface area contributed by atoms with Gasteiger partial charge in [0.25, 0.3) is 0 Å². The highest BCUT2D eigenvalue weighted by molar-refractivity contribution is 5.40. The average Bonchev–Trinajstić information content (AvgIpc) is 3.04. The minimum Gasteiger partial charge on any atom is -0.376 e. The molecular formula is C21H27N3O2. The predicted molar refractivity (Wildman–Crippen MR) is 101 cm³/mol. The van der Waals surface area contributed by atoms with Gasteiger partial charge < -0.3 is 14.4 Å². The molecule has 2 fully saturated rings. The molecule has 3 heterocycles. The molecule has 1 saturated heterocycles. The van der Waals surface area contributed by atoms with E-state index in [0.29, 0.717) is 12.5 Å². The van der Waals surface area contributed by atoms with Crippen LogP contribution in [0.2, 0.25) is 0 Å². The first-order chi connectivity index (χ1) is 12.8. The van der Waals surface area contributed by atoms with Crippen LogP contribution < -0.4 is 4.90 Å². The van der Waals surface area contributed by atoms with E-state index >= 15 is 0 Å². The first-order valence-corrected chi connectivity index (χ1v) is 9.54. The van der Waals surface area contributed by atoms with Crippen molar-refractivity contribution in [1.82, 2.24) is 9.97 Å². The Hall–Kier alpha value is -1.98. The minimum atomic E-state index is -0.0953. The van der Waals surface area contributed by atoms with Gasteiger partial charge in [-0.25, -0.2) is 4.98 Å². The molecule has 2 aliphatic rings. The highest BCUT2D eigenvalue weighted by Crippen LogP contribution is 2.42. The largest absolute Gasteiger partial charge is 0.376 e. The van der Waals surface area contributed by atoms with Gasteiger partial charge in [-0.1, -0.05) is 12.5 Å². The third-order valence-electron chi connectivity index (χ3n) is 5.64. The summed E-state index contributed by atoms with van der Waals surface area (Å²) >= 11 is 0. The Morgan fingerprint density at radius 2 is 2.15 bits per heavy atom. The topological polar surface area (TPSA) is 47.5 Å². The SMILES string of the molecule is Cc1cccc(N2CCO[C@]3(CCC[C@H]3COCc3ccncc3)C2)n1. The van der Waals surface area contributed by atoms with Gasteiger partial charge in [0.15, 0.2) is 0 Å². The summed E-state index contributed by atoms with van der Waals surface area (Å²) in [5.74, 6) is 1.51. The molecule has 138 valence electrons. The molecule has 1 aliphatic carbocycles. The molecule has 5 nitrogen and oxygen atoms in total. The second-order valence-corrected chi connectivity index (χ2v) is 7.43. The van der Waals surface area contributed by atoms with E-state index in [1.165, 1.54) is 18.4 Å². The van der Waals surface area contributed by atoms with Crippen molar-refractivity contribution >= 4 is 5.82 Å². The van der Waals surface area contributed by atoms with E-state index < -0.39 is 0 Å². The minimum absolute atomic E-state index is 0.0953. The second kappa shape index (κ2) is 7.72. The van der Waals surface area contributed by atoms with Crippen LogP contribution in [0.15, 0.2) is 42.7 Å². The number of hydrogen-bond acceptors (Lipinski definition) is 5. The molecular weight excluding hydrogens is 326 g/mol. The number of rotatable bonds is 5. The molecule has 5 heteroatoms. The Morgan fingerprint density at radius 1 is 1.27 bits per heavy atom. The van der Waals surface area contributed by atoms with Crippen LogP contribution in [-0.2, 0) is 16.1 Å². The van der Waals surface area contributed by atoms with Gasteiger partial charge in [0.05, 0.1) is 25.4 Å². The zero-order valence-electron chi connectivity index (χ0n) is 15.4. The fraction of sp³-hybridized carbons (Fsp3) is 0.524. The van der Waals surface area contributed by atoms with Crippen LogP contribution in [0.25, 0.3) is 0 Å². The van der Waals surface area contributed by atoms with Crippen molar-refractivity contribution in [3.8, 4) is 0 Å². The van der Waals surface area contributed by atoms with E-state index in [2.05, 4.69) is 22.0 Å². The van der Waals surface area contributed by atoms with Crippen LogP contribution in [0.5, 0.6) is 0 Å². The van der Waals surface area contributed by atoms with Crippen molar-refractivity contribution in [3.05, 3.63) is 54.0 Å². The van der Waals surface area contributed by atoms with Crippen molar-refractivity contribution < 1.29 is 9.47 Å². The van der Waals surface area contributed by atoms with Gasteiger partial charge in [-0.15, -0.1) is 0 Å². The number of ether oxygens (including phenoxy) is 2. The van der Waals surface area contributed by atoms with Crippen LogP contribution in [-0.4, -0.2) is 41.9 Å². The maximum absolute atomic E-state index is 6.36. The number of nitrogens with zero attached hydrogens (tertiary/aromatic N) is 3. The van der Waals surface area contributed by atoms with E-state index in [1.54, 1.807) is 0 Å². The molecule has 0 N–H and O–H groups in total. The third-order valence-corrected chi connectivity index (χ3v) is 5.64. The normalized spacial score (nSPS) is 25.7. The number of aryl methyl sites for hydroxylation is 1. The van der Waals surface area contributed by atoms with Crippen LogP contribution in [0.4, 0.5) is 5.82 Å². The van der Waals surface area contributed by atoms with Crippen molar-refractivity contribution in [2.45, 2.75) is 38.4 Å². The Labute approximate surface area is 155 Å². The van der Waals surface area contributed by atoms with Gasteiger partial charge in [-0.2, -0.15) is 0 Å². The number of pyridine rings is 2. The Kier molecular flexibility index (Phi) is 5.18. The Balaban J connectivity index is 1.40. The van der Waals surface area contributed by atoms with Crippen molar-refractivity contribution in [2.24, 2.45) is 5.92 Å². The molecule has 0 radical (unpaired) electrons. The molecule has 0 bridgehead atoms. The quantitative estimate of drug-likeness (QED) is 0.825. The highest BCUT2D eigenvalue weighted by Gasteiger charge is 2.47. The van der Waals surface area contributed by atoms with Gasteiger partial charge in [0.2, 0.25) is 0 Å². The monoisotopic (exact) mass is 353 g/mol. The van der Waals surface area contributed by atoms with E-state index in [4.69, 9.17) is 14.5 Å². The lowest BCUT2D eigenvalue weighted by Gasteiger charge is -2.44. The number of morpholine rings is 1. The maximum Gasteiger partial charge on any atom is 0.128 e. The summed E-state index contributed by atoms with van der Waals surface area (Å²) in [6.45, 7) is 6.01. The Bertz CT molecular complexity index is 724. The number of aromatic nitrogens is 2. The summed E-state index contributed by atoms with van der Waals surface area (Å²) in [6.07, 6.45) is 7.11. The van der Waals surface area contributed by atoms with Crippen LogP contribution >= 0.6 is 0 Å². The zero-order valence-corrected chi connectivity index (χ0v) is 15.4. The molecule has 26 heavy (non-hydrogen) atoms. The third kappa shape index (κ3) is 3.74. The summed E-state index contributed by atoms with van der Waals surface area (Å²) in [7, 11) is 0. The smallest absolute Gasteiger partial charge is 0.128 e. The lowest BCUT2D eigenvalue weighted by molar-refractivity contribution is -0.100. The van der Waals surface area contributed by atoms with Gasteiger partial charge in [0, 0.05) is 37.1 Å². The molecule has 0 unspecified atom stereocenters. The Morgan fingerprint density at radius 3 is 3.00 bits per heavy atom. The first-order valence-electron chi connectivity index (χ1n) is 9.54. The molecule has 2 aromatic heterocycles. The predicted octanol–water partition coefficient (Wildman–Crippen LogP) is 3.38. The fourth-order valence-electron chi connectivity index (χ4n) is 4.25. The van der Waals surface area contributed by atoms with Crippen LogP contribution in [0, 0.1) is 12.8 Å². The molecule has 1 aliphatic heterocycles. The molecule has 0 aromatic carbocycles.